The van der Waals surface area contributed by atoms with Crippen LogP contribution in [0.1, 0.15) is 24.0 Å². The van der Waals surface area contributed by atoms with E-state index in [0.29, 0.717) is 12.8 Å². The van der Waals surface area contributed by atoms with E-state index in [1.807, 2.05) is 60.7 Å². The van der Waals surface area contributed by atoms with Gasteiger partial charge < -0.3 is 10.2 Å². The number of benzene rings is 2. The van der Waals surface area contributed by atoms with Gasteiger partial charge in [0.25, 0.3) is 0 Å². The van der Waals surface area contributed by atoms with E-state index in [1.165, 1.54) is 0 Å². The van der Waals surface area contributed by atoms with Crippen molar-refractivity contribution in [1.82, 2.24) is 0 Å². The summed E-state index contributed by atoms with van der Waals surface area (Å²) in [7, 11) is 0. The molecular weight excluding hydrogens is 280 g/mol. The van der Waals surface area contributed by atoms with Crippen molar-refractivity contribution < 1.29 is 19.8 Å². The Morgan fingerprint density at radius 3 is 1.23 bits per heavy atom. The maximum Gasteiger partial charge on any atom is 0.303 e. The molecule has 2 aromatic carbocycles. The van der Waals surface area contributed by atoms with E-state index in [0.717, 1.165) is 11.1 Å². The number of rotatable bonds is 6. The van der Waals surface area contributed by atoms with Crippen LogP contribution in [0.25, 0.3) is 0 Å². The predicted octanol–water partition coefficient (Wildman–Crippen LogP) is 3.41. The summed E-state index contributed by atoms with van der Waals surface area (Å²) in [5.74, 6) is -1.48. The number of aliphatic carboxylic acids is 2. The second-order valence-corrected chi connectivity index (χ2v) is 4.76. The molecule has 0 aliphatic rings. The Morgan fingerprint density at radius 2 is 0.955 bits per heavy atom. The maximum absolute atomic E-state index is 10.2. The van der Waals surface area contributed by atoms with Crippen LogP contribution in [0.3, 0.4) is 0 Å². The first kappa shape index (κ1) is 17.4. The monoisotopic (exact) mass is 300 g/mol. The fourth-order valence-corrected chi connectivity index (χ4v) is 1.79. The number of carboxylic acids is 2. The number of carbonyl (C=O) groups is 2. The summed E-state index contributed by atoms with van der Waals surface area (Å²) in [5, 5.41) is 16.7. The van der Waals surface area contributed by atoms with Gasteiger partial charge in [0.2, 0.25) is 0 Å². The van der Waals surface area contributed by atoms with Crippen LogP contribution in [0, 0.1) is 0 Å². The topological polar surface area (TPSA) is 74.6 Å². The Labute approximate surface area is 130 Å². The number of aryl methyl sites for hydroxylation is 2. The highest BCUT2D eigenvalue weighted by Crippen LogP contribution is 2.02. The average molecular weight is 300 g/mol. The number of hydrogen-bond donors (Lipinski definition) is 2. The highest BCUT2D eigenvalue weighted by molar-refractivity contribution is 5.67. The quantitative estimate of drug-likeness (QED) is 0.857. The lowest BCUT2D eigenvalue weighted by atomic mass is 10.1. The highest BCUT2D eigenvalue weighted by atomic mass is 16.4. The van der Waals surface area contributed by atoms with Gasteiger partial charge >= 0.3 is 11.9 Å². The van der Waals surface area contributed by atoms with Crippen molar-refractivity contribution in [2.24, 2.45) is 0 Å². The van der Waals surface area contributed by atoms with Crippen LogP contribution < -0.4 is 0 Å². The lowest BCUT2D eigenvalue weighted by Crippen LogP contribution is -1.96. The third-order valence-electron chi connectivity index (χ3n) is 2.94. The minimum absolute atomic E-state index is 0.212. The summed E-state index contributed by atoms with van der Waals surface area (Å²) < 4.78 is 0. The molecule has 0 spiro atoms. The first-order valence-corrected chi connectivity index (χ1v) is 7.09. The second-order valence-electron chi connectivity index (χ2n) is 4.76. The van der Waals surface area contributed by atoms with Gasteiger partial charge in [-0.1, -0.05) is 60.7 Å². The lowest BCUT2D eigenvalue weighted by Gasteiger charge is -1.95. The first-order valence-electron chi connectivity index (χ1n) is 7.09. The van der Waals surface area contributed by atoms with Gasteiger partial charge in [-0.2, -0.15) is 0 Å². The minimum atomic E-state index is -0.742. The van der Waals surface area contributed by atoms with Gasteiger partial charge in [-0.25, -0.2) is 0 Å². The molecule has 0 unspecified atom stereocenters. The van der Waals surface area contributed by atoms with Gasteiger partial charge in [-0.3, -0.25) is 9.59 Å². The van der Waals surface area contributed by atoms with Crippen molar-refractivity contribution in [1.29, 1.82) is 0 Å². The van der Waals surface area contributed by atoms with Gasteiger partial charge in [-0.15, -0.1) is 0 Å². The Kier molecular flexibility index (Phi) is 8.05. The molecule has 2 aromatic rings. The summed E-state index contributed by atoms with van der Waals surface area (Å²) in [6, 6.07) is 19.2. The summed E-state index contributed by atoms with van der Waals surface area (Å²) in [4.78, 5) is 20.3. The van der Waals surface area contributed by atoms with Gasteiger partial charge in [-0.05, 0) is 24.0 Å². The molecule has 0 aromatic heterocycles. The summed E-state index contributed by atoms with van der Waals surface area (Å²) in [6.45, 7) is 0. The molecule has 0 atom stereocenters. The fraction of sp³-hybridized carbons (Fsp3) is 0.222. The molecule has 0 aliphatic carbocycles. The Hall–Kier alpha value is -2.62. The highest BCUT2D eigenvalue weighted by Gasteiger charge is 1.97. The molecule has 4 heteroatoms. The molecule has 116 valence electrons. The molecule has 0 aliphatic heterocycles. The van der Waals surface area contributed by atoms with Crippen LogP contribution in [0.4, 0.5) is 0 Å². The molecule has 4 nitrogen and oxygen atoms in total. The first-order chi connectivity index (χ1) is 10.6. The van der Waals surface area contributed by atoms with E-state index in [-0.39, 0.29) is 12.8 Å². The molecule has 0 saturated heterocycles. The molecule has 0 heterocycles. The molecule has 2 N–H and O–H groups in total. The molecular formula is C18H20O4. The van der Waals surface area contributed by atoms with E-state index in [9.17, 15) is 9.59 Å². The van der Waals surface area contributed by atoms with Crippen molar-refractivity contribution in [3.8, 4) is 0 Å². The average Bonchev–Trinajstić information content (AvgIpc) is 2.53. The zero-order valence-electron chi connectivity index (χ0n) is 12.3. The second kappa shape index (κ2) is 10.2. The van der Waals surface area contributed by atoms with Crippen LogP contribution >= 0.6 is 0 Å². The van der Waals surface area contributed by atoms with E-state index < -0.39 is 11.9 Å². The maximum atomic E-state index is 10.2. The van der Waals surface area contributed by atoms with Crippen molar-refractivity contribution in [3.05, 3.63) is 71.8 Å². The van der Waals surface area contributed by atoms with Crippen molar-refractivity contribution >= 4 is 11.9 Å². The third kappa shape index (κ3) is 8.53. The SMILES string of the molecule is O=C(O)CCc1ccccc1.O=C(O)CCc1ccccc1. The molecule has 0 radical (unpaired) electrons. The van der Waals surface area contributed by atoms with E-state index in [4.69, 9.17) is 10.2 Å². The Morgan fingerprint density at radius 1 is 0.636 bits per heavy atom. The van der Waals surface area contributed by atoms with E-state index >= 15 is 0 Å². The van der Waals surface area contributed by atoms with Crippen LogP contribution in [-0.4, -0.2) is 22.2 Å². The lowest BCUT2D eigenvalue weighted by molar-refractivity contribution is -0.138. The molecule has 2 rings (SSSR count). The molecule has 0 saturated carbocycles. The van der Waals surface area contributed by atoms with Gasteiger partial charge in [0, 0.05) is 12.8 Å². The molecule has 0 amide bonds. The van der Waals surface area contributed by atoms with Gasteiger partial charge in [0.05, 0.1) is 0 Å². The Balaban J connectivity index is 0.000000220. The zero-order chi connectivity index (χ0) is 16.2. The van der Waals surface area contributed by atoms with Crippen molar-refractivity contribution in [2.75, 3.05) is 0 Å². The molecule has 0 fully saturated rings. The van der Waals surface area contributed by atoms with Crippen LogP contribution in [0.5, 0.6) is 0 Å². The third-order valence-corrected chi connectivity index (χ3v) is 2.94. The summed E-state index contributed by atoms with van der Waals surface area (Å²) >= 11 is 0. The summed E-state index contributed by atoms with van der Waals surface area (Å²) in [6.07, 6.45) is 1.67. The predicted molar refractivity (Wildman–Crippen MR) is 84.8 cm³/mol. The molecule has 0 bridgehead atoms. The van der Waals surface area contributed by atoms with Gasteiger partial charge in [0.1, 0.15) is 0 Å². The van der Waals surface area contributed by atoms with Crippen LogP contribution in [0.2, 0.25) is 0 Å². The zero-order valence-corrected chi connectivity index (χ0v) is 12.3. The van der Waals surface area contributed by atoms with E-state index in [1.54, 1.807) is 0 Å². The number of carboxylic acid groups (broad SMARTS) is 2. The van der Waals surface area contributed by atoms with Crippen molar-refractivity contribution in [3.63, 3.8) is 0 Å². The van der Waals surface area contributed by atoms with Gasteiger partial charge in [0.15, 0.2) is 0 Å². The normalized spacial score (nSPS) is 9.45. The Bertz CT molecular complexity index is 511. The van der Waals surface area contributed by atoms with E-state index in [2.05, 4.69) is 0 Å². The molecule has 22 heavy (non-hydrogen) atoms. The van der Waals surface area contributed by atoms with Crippen LogP contribution in [0.15, 0.2) is 60.7 Å². The minimum Gasteiger partial charge on any atom is -0.481 e. The van der Waals surface area contributed by atoms with Crippen molar-refractivity contribution in [2.45, 2.75) is 25.7 Å². The standard InChI is InChI=1S/2C9H10O2/c2*10-9(11)7-6-8-4-2-1-3-5-8/h2*1-5H,6-7H2,(H,10,11). The fourth-order valence-electron chi connectivity index (χ4n) is 1.79. The number of hydrogen-bond acceptors (Lipinski definition) is 2. The summed E-state index contributed by atoms with van der Waals surface area (Å²) in [5.41, 5.74) is 2.16. The van der Waals surface area contributed by atoms with Crippen LogP contribution in [-0.2, 0) is 22.4 Å². The largest absolute Gasteiger partial charge is 0.481 e. The smallest absolute Gasteiger partial charge is 0.303 e.